The van der Waals surface area contributed by atoms with Crippen LogP contribution in [0.4, 0.5) is 52.7 Å². The molecule has 0 saturated heterocycles. The smallest absolute Gasteiger partial charge is 0.417 e. The van der Waals surface area contributed by atoms with Gasteiger partial charge in [0.15, 0.2) is 16.8 Å². The van der Waals surface area contributed by atoms with Crippen molar-refractivity contribution in [2.45, 2.75) is 237 Å². The van der Waals surface area contributed by atoms with E-state index < -0.39 is 83.3 Å². The summed E-state index contributed by atoms with van der Waals surface area (Å²) in [6, 6.07) is 0. The van der Waals surface area contributed by atoms with Gasteiger partial charge in [-0.1, -0.05) is 77.7 Å². The van der Waals surface area contributed by atoms with Crippen LogP contribution in [0.25, 0.3) is 0 Å². The molecule has 12 atom stereocenters. The maximum absolute atomic E-state index is 13.2. The van der Waals surface area contributed by atoms with Gasteiger partial charge < -0.3 is 39.4 Å². The van der Waals surface area contributed by atoms with E-state index in [1.165, 1.54) is 28.1 Å². The molecule has 6 aliphatic carbocycles. The third kappa shape index (κ3) is 23.8. The van der Waals surface area contributed by atoms with Crippen LogP contribution in [0.3, 0.4) is 0 Å². The Morgan fingerprint density at radius 2 is 1.05 bits per heavy atom. The number of halogens is 12. The van der Waals surface area contributed by atoms with Crippen molar-refractivity contribution in [3.63, 3.8) is 0 Å². The molecule has 6 saturated carbocycles. The molecule has 12 nitrogen and oxygen atoms in total. The van der Waals surface area contributed by atoms with Crippen LogP contribution in [0, 0.1) is 53.3 Å². The Morgan fingerprint density at radius 3 is 1.40 bits per heavy atom. The van der Waals surface area contributed by atoms with Crippen molar-refractivity contribution in [2.24, 2.45) is 53.3 Å². The summed E-state index contributed by atoms with van der Waals surface area (Å²) in [6.45, 7) is 22.0. The first kappa shape index (κ1) is 77.9. The number of hydrogen-bond acceptors (Lipinski definition) is 12. The monoisotopic (exact) mass is 1230 g/mol. The second kappa shape index (κ2) is 33.3. The van der Waals surface area contributed by atoms with E-state index in [1.54, 1.807) is 13.8 Å². The third-order valence-electron chi connectivity index (χ3n) is 17.3. The molecule has 2 bridgehead atoms. The molecule has 6 rings (SSSR count). The van der Waals surface area contributed by atoms with Crippen molar-refractivity contribution in [3.8, 4) is 0 Å². The summed E-state index contributed by atoms with van der Waals surface area (Å²) >= 11 is 0. The molecule has 0 spiro atoms. The first-order chi connectivity index (χ1) is 38.3. The molecule has 24 heteroatoms. The van der Waals surface area contributed by atoms with Crippen molar-refractivity contribution in [2.75, 3.05) is 14.2 Å². The van der Waals surface area contributed by atoms with Gasteiger partial charge in [0, 0.05) is 22.8 Å². The highest BCUT2D eigenvalue weighted by atomic mass is 19.4. The summed E-state index contributed by atoms with van der Waals surface area (Å²) in [5, 5.41) is 38.3. The molecule has 0 aromatic carbocycles. The van der Waals surface area contributed by atoms with Crippen molar-refractivity contribution in [1.29, 1.82) is 0 Å². The van der Waals surface area contributed by atoms with Crippen LogP contribution >= 0.6 is 0 Å². The molecule has 6 fully saturated rings. The van der Waals surface area contributed by atoms with E-state index >= 15 is 0 Å². The molecule has 4 N–H and O–H groups in total. The van der Waals surface area contributed by atoms with E-state index in [1.807, 2.05) is 0 Å². The van der Waals surface area contributed by atoms with Gasteiger partial charge in [0.1, 0.15) is 12.2 Å². The largest absolute Gasteiger partial charge is 0.466 e. The normalized spacial score (nSPS) is 27.8. The van der Waals surface area contributed by atoms with Crippen LogP contribution in [0.1, 0.15) is 177 Å². The molecule has 0 aliphatic heterocycles. The van der Waals surface area contributed by atoms with E-state index in [0.717, 1.165) is 97.5 Å². The Kier molecular flexibility index (Phi) is 30.8. The molecule has 84 heavy (non-hydrogen) atoms. The number of fused-ring (bicyclic) bond motifs is 3. The lowest BCUT2D eigenvalue weighted by atomic mass is 9.60. The van der Waals surface area contributed by atoms with E-state index in [9.17, 15) is 92.3 Å². The zero-order valence-corrected chi connectivity index (χ0v) is 50.1. The summed E-state index contributed by atoms with van der Waals surface area (Å²) < 4.78 is 172. The van der Waals surface area contributed by atoms with Gasteiger partial charge in [0.25, 0.3) is 0 Å². The van der Waals surface area contributed by atoms with E-state index in [0.29, 0.717) is 49.2 Å². The highest BCUT2D eigenvalue weighted by Crippen LogP contribution is 2.55. The highest BCUT2D eigenvalue weighted by molar-refractivity contribution is 5.87. The molecule has 0 heterocycles. The average Bonchev–Trinajstić information content (AvgIpc) is 1.80. The fraction of sp³-hybridized carbons (Fsp3) is 0.800. The fourth-order valence-electron chi connectivity index (χ4n) is 12.4. The molecule has 0 amide bonds. The number of rotatable bonds is 12. The predicted octanol–water partition coefficient (Wildman–Crippen LogP) is 14.3. The number of carbonyl (C=O) groups excluding carboxylic acids is 4. The van der Waals surface area contributed by atoms with Gasteiger partial charge in [-0.2, -0.15) is 52.7 Å². The van der Waals surface area contributed by atoms with Gasteiger partial charge >= 0.3 is 48.6 Å². The first-order valence-corrected chi connectivity index (χ1v) is 28.6. The van der Waals surface area contributed by atoms with Gasteiger partial charge in [-0.25, -0.2) is 19.2 Å². The molecule has 0 aromatic heterocycles. The van der Waals surface area contributed by atoms with E-state index in [4.69, 9.17) is 9.47 Å². The second-order valence-electron chi connectivity index (χ2n) is 24.1. The summed E-state index contributed by atoms with van der Waals surface area (Å²) in [6.07, 6.45) is -5.95. The highest BCUT2D eigenvalue weighted by Gasteiger charge is 2.60. The molecular formula is C60H92F12O12. The number of aliphatic hydroxyl groups is 4. The lowest BCUT2D eigenvalue weighted by Crippen LogP contribution is -2.56. The molecule has 12 unspecified atom stereocenters. The minimum Gasteiger partial charge on any atom is -0.466 e. The average molecular weight is 1230 g/mol. The van der Waals surface area contributed by atoms with Crippen LogP contribution in [0.2, 0.25) is 0 Å². The van der Waals surface area contributed by atoms with Crippen molar-refractivity contribution >= 4 is 23.9 Å². The Morgan fingerprint density at radius 1 is 0.571 bits per heavy atom. The standard InChI is InChI=1S/C17H25F3O3.C13H19F3O3.C11H17F3O.C10H17F3O.C5H8O2.C4H6O2/c1-10(2)15(21)23-14-9-8-13(16(3,22)17(18,19)20)11-6-4-5-7-12(11)14;1-8(2)11(17)19-10-6-4-9(5-7-10)12(3,18)13(14,15)16;1-6(15)10(11(12,13)14)9-5-7-2-3-8(9)4-7;1-9(14,10(11,12)13)7-8-5-3-2-4-6-8;1-4(2)5(6)7-3;1-3-4(5)6-2/h11-14,22H,1,4-9H2,2-3H3;9-10,18H,1,4-7H2,2-3H3;6-10,15H,2-5H2,1H3;8,14H,2-7H2,1H3;1H2,2-3H3;3H,1H2,2H3. The Bertz CT molecular complexity index is 2120. The lowest BCUT2D eigenvalue weighted by molar-refractivity contribution is -0.287. The number of esters is 4. The topological polar surface area (TPSA) is 186 Å². The fourth-order valence-corrected chi connectivity index (χ4v) is 12.4. The van der Waals surface area contributed by atoms with Gasteiger partial charge in [-0.15, -0.1) is 0 Å². The number of ether oxygens (including phenoxy) is 4. The van der Waals surface area contributed by atoms with Crippen molar-refractivity contribution in [1.82, 2.24) is 0 Å². The zero-order chi connectivity index (χ0) is 65.1. The van der Waals surface area contributed by atoms with Crippen LogP contribution in [0.15, 0.2) is 49.1 Å². The van der Waals surface area contributed by atoms with Gasteiger partial charge in [-0.05, 0) is 173 Å². The maximum atomic E-state index is 13.2. The number of hydrogen-bond donors (Lipinski definition) is 4. The van der Waals surface area contributed by atoms with Crippen LogP contribution in [-0.4, -0.2) is 118 Å². The summed E-state index contributed by atoms with van der Waals surface area (Å²) in [5.41, 5.74) is -6.89. The van der Waals surface area contributed by atoms with Crippen LogP contribution in [-0.2, 0) is 38.1 Å². The summed E-state index contributed by atoms with van der Waals surface area (Å²) in [4.78, 5) is 43.1. The van der Waals surface area contributed by atoms with Crippen LogP contribution in [0.5, 0.6) is 0 Å². The molecule has 0 radical (unpaired) electrons. The van der Waals surface area contributed by atoms with Crippen molar-refractivity contribution < 1.29 is 111 Å². The SMILES string of the molecule is C=C(C)C(=O)OC.C=C(C)C(=O)OC1CCC(C(C)(O)C(F)(F)F)C2CCCCC12.C=C(C)C(=O)OC1CCC(C(C)(O)C(F)(F)F)CC1.C=CC(=O)OC.CC(O)(CC1CCCCC1)C(F)(F)F.CC(O)C(C1CC2CCC1C2)C(F)(F)F. The Hall–Kier alpha value is -4.16. The number of methoxy groups -OCH3 is 2. The van der Waals surface area contributed by atoms with Crippen molar-refractivity contribution in [3.05, 3.63) is 49.1 Å². The molecule has 0 aromatic rings. The summed E-state index contributed by atoms with van der Waals surface area (Å²) in [5.74, 6) is -4.92. The number of alkyl halides is 12. The molecule has 6 aliphatic rings. The van der Waals surface area contributed by atoms with Gasteiger partial charge in [-0.3, -0.25) is 0 Å². The Labute approximate surface area is 487 Å². The van der Waals surface area contributed by atoms with E-state index in [-0.39, 0.29) is 79.0 Å². The minimum absolute atomic E-state index is 0.0420. The number of carbonyl (C=O) groups is 4. The third-order valence-corrected chi connectivity index (χ3v) is 17.3. The Balaban J connectivity index is 0.000000529. The quantitative estimate of drug-likeness (QED) is 0.0628. The molecule has 488 valence electrons. The lowest BCUT2D eigenvalue weighted by Gasteiger charge is -2.50. The number of aliphatic hydroxyl groups excluding tert-OH is 1. The maximum Gasteiger partial charge on any atom is 0.417 e. The molecular weight excluding hydrogens is 1140 g/mol. The van der Waals surface area contributed by atoms with Gasteiger partial charge in [0.05, 0.1) is 26.2 Å². The predicted molar refractivity (Wildman–Crippen MR) is 290 cm³/mol. The second-order valence-corrected chi connectivity index (χ2v) is 24.1. The van der Waals surface area contributed by atoms with Gasteiger partial charge in [0.2, 0.25) is 0 Å². The zero-order valence-electron chi connectivity index (χ0n) is 50.1. The minimum atomic E-state index is -4.65. The van der Waals surface area contributed by atoms with E-state index in [2.05, 4.69) is 35.8 Å². The first-order valence-electron chi connectivity index (χ1n) is 28.6. The summed E-state index contributed by atoms with van der Waals surface area (Å²) in [7, 11) is 2.64. The van der Waals surface area contributed by atoms with Crippen LogP contribution < -0.4 is 0 Å².